The van der Waals surface area contributed by atoms with E-state index in [1.807, 2.05) is 45.9 Å². The van der Waals surface area contributed by atoms with Gasteiger partial charge in [0.1, 0.15) is 11.5 Å². The normalized spacial score (nSPS) is 11.5. The third-order valence-electron chi connectivity index (χ3n) is 7.86. The van der Waals surface area contributed by atoms with E-state index in [0.717, 1.165) is 25.7 Å². The number of ether oxygens (including phenoxy) is 1. The van der Waals surface area contributed by atoms with Crippen LogP contribution < -0.4 is 0 Å². The molecule has 264 valence electrons. The van der Waals surface area contributed by atoms with Gasteiger partial charge in [-0.05, 0) is 80.8 Å². The summed E-state index contributed by atoms with van der Waals surface area (Å²) in [6.45, 7) is 17.4. The maximum Gasteiger partial charge on any atom is 0.338 e. The molecule has 49 heavy (non-hydrogen) atoms. The lowest BCUT2D eigenvalue weighted by Crippen LogP contribution is -2.15. The van der Waals surface area contributed by atoms with Gasteiger partial charge in [0.15, 0.2) is 17.5 Å². The molecule has 0 aliphatic rings. The van der Waals surface area contributed by atoms with Crippen LogP contribution in [0, 0.1) is 17.8 Å². The standard InChI is InChI=1S/C36H43N3O4.C4H8.C2H6/c1-24(2)12-5-6-13-26(21-20-25(3)4)23-43-36(42)28-15-11-14-27(22-28)33-37-34(29-16-7-9-18-31(29)40)39-35(38-33)30-17-8-10-19-32(30)41;1-3-4-2;1-2/h7-11,14-19,22,24-26,40-41H,5-6,12-13,20-21,23H2,1-4H3;3-4H,1-2H3;1-2H3/b;4-3-;. The summed E-state index contributed by atoms with van der Waals surface area (Å²) in [4.78, 5) is 27.1. The van der Waals surface area contributed by atoms with Crippen molar-refractivity contribution in [2.75, 3.05) is 6.61 Å². The molecule has 1 unspecified atom stereocenters. The molecule has 0 fully saturated rings. The van der Waals surface area contributed by atoms with Crippen LogP contribution in [0.3, 0.4) is 0 Å². The Morgan fingerprint density at radius 1 is 0.673 bits per heavy atom. The van der Waals surface area contributed by atoms with Crippen molar-refractivity contribution in [3.63, 3.8) is 0 Å². The number of hydrogen-bond donors (Lipinski definition) is 2. The number of aromatic nitrogens is 3. The second kappa shape index (κ2) is 22.2. The summed E-state index contributed by atoms with van der Waals surface area (Å²) in [7, 11) is 0. The number of unbranched alkanes of at least 4 members (excludes halogenated alkanes) is 1. The summed E-state index contributed by atoms with van der Waals surface area (Å²) in [5, 5.41) is 21.0. The molecule has 0 radical (unpaired) electrons. The van der Waals surface area contributed by atoms with E-state index in [0.29, 0.717) is 52.4 Å². The number of benzene rings is 3. The Hall–Kier alpha value is -4.52. The van der Waals surface area contributed by atoms with Crippen LogP contribution in [0.2, 0.25) is 0 Å². The third kappa shape index (κ3) is 13.9. The van der Waals surface area contributed by atoms with Crippen LogP contribution in [0.25, 0.3) is 34.2 Å². The molecule has 7 heteroatoms. The highest BCUT2D eigenvalue weighted by Crippen LogP contribution is 2.32. The van der Waals surface area contributed by atoms with Gasteiger partial charge < -0.3 is 14.9 Å². The van der Waals surface area contributed by atoms with E-state index in [1.165, 1.54) is 12.8 Å². The molecule has 0 spiro atoms. The second-order valence-electron chi connectivity index (χ2n) is 12.7. The van der Waals surface area contributed by atoms with Crippen LogP contribution in [0.5, 0.6) is 11.5 Å². The number of carbonyl (C=O) groups is 1. The molecule has 0 bridgehead atoms. The van der Waals surface area contributed by atoms with E-state index in [9.17, 15) is 15.0 Å². The molecular weight excluding hydrogens is 610 g/mol. The van der Waals surface area contributed by atoms with Gasteiger partial charge in [0, 0.05) is 5.56 Å². The Bertz CT molecular complexity index is 1510. The average molecular weight is 668 g/mol. The zero-order valence-corrected chi connectivity index (χ0v) is 30.8. The molecular formula is C42H57N3O4. The van der Waals surface area contributed by atoms with Crippen molar-refractivity contribution in [1.29, 1.82) is 0 Å². The Labute approximate surface area is 294 Å². The van der Waals surface area contributed by atoms with E-state index < -0.39 is 0 Å². The van der Waals surface area contributed by atoms with Gasteiger partial charge in [0.25, 0.3) is 0 Å². The quantitative estimate of drug-likeness (QED) is 0.0783. The van der Waals surface area contributed by atoms with Crippen molar-refractivity contribution in [1.82, 2.24) is 15.0 Å². The van der Waals surface area contributed by atoms with Crippen LogP contribution in [-0.4, -0.2) is 37.7 Å². The van der Waals surface area contributed by atoms with Crippen LogP contribution in [0.15, 0.2) is 84.9 Å². The lowest BCUT2D eigenvalue weighted by molar-refractivity contribution is 0.0420. The third-order valence-corrected chi connectivity index (χ3v) is 7.86. The highest BCUT2D eigenvalue weighted by Gasteiger charge is 2.18. The number of para-hydroxylation sites is 2. The number of carbonyl (C=O) groups excluding carboxylic acids is 1. The van der Waals surface area contributed by atoms with Gasteiger partial charge in [0.2, 0.25) is 0 Å². The molecule has 3 aromatic carbocycles. The Morgan fingerprint density at radius 3 is 1.69 bits per heavy atom. The largest absolute Gasteiger partial charge is 0.507 e. The molecule has 0 aliphatic carbocycles. The SMILES string of the molecule is C/C=C\C.CC.CC(C)CCCCC(CCC(C)C)COC(=O)c1cccc(-c2nc(-c3ccccc3O)nc(-c3ccccc3O)n2)c1. The maximum atomic E-state index is 13.2. The Morgan fingerprint density at radius 2 is 1.18 bits per heavy atom. The molecule has 0 amide bonds. The van der Waals surface area contributed by atoms with Gasteiger partial charge in [-0.2, -0.15) is 0 Å². The van der Waals surface area contributed by atoms with Gasteiger partial charge in [-0.25, -0.2) is 19.7 Å². The van der Waals surface area contributed by atoms with Gasteiger partial charge >= 0.3 is 5.97 Å². The highest BCUT2D eigenvalue weighted by atomic mass is 16.5. The van der Waals surface area contributed by atoms with E-state index in [1.54, 1.807) is 66.7 Å². The number of phenols is 2. The summed E-state index contributed by atoms with van der Waals surface area (Å²) >= 11 is 0. The first-order valence-electron chi connectivity index (χ1n) is 17.8. The molecule has 0 saturated heterocycles. The van der Waals surface area contributed by atoms with Crippen molar-refractivity contribution in [2.45, 2.75) is 93.9 Å². The molecule has 1 atom stereocenters. The molecule has 7 nitrogen and oxygen atoms in total. The molecule has 4 aromatic rings. The number of esters is 1. The summed E-state index contributed by atoms with van der Waals surface area (Å²) in [5.41, 5.74) is 1.86. The van der Waals surface area contributed by atoms with Crippen molar-refractivity contribution in [2.24, 2.45) is 17.8 Å². The van der Waals surface area contributed by atoms with Gasteiger partial charge in [0.05, 0.1) is 23.3 Å². The number of aromatic hydroxyl groups is 2. The lowest BCUT2D eigenvalue weighted by Gasteiger charge is -2.18. The van der Waals surface area contributed by atoms with E-state index in [4.69, 9.17) is 4.74 Å². The maximum absolute atomic E-state index is 13.2. The summed E-state index contributed by atoms with van der Waals surface area (Å²) < 4.78 is 5.85. The molecule has 1 aromatic heterocycles. The minimum atomic E-state index is -0.380. The Kier molecular flexibility index (Phi) is 18.4. The van der Waals surface area contributed by atoms with Crippen LogP contribution in [-0.2, 0) is 4.74 Å². The smallest absolute Gasteiger partial charge is 0.338 e. The highest BCUT2D eigenvalue weighted by molar-refractivity contribution is 5.90. The van der Waals surface area contributed by atoms with Crippen LogP contribution in [0.4, 0.5) is 0 Å². The minimum Gasteiger partial charge on any atom is -0.507 e. The molecule has 0 aliphatic heterocycles. The second-order valence-corrected chi connectivity index (χ2v) is 12.7. The predicted octanol–water partition coefficient (Wildman–Crippen LogP) is 11.3. The minimum absolute atomic E-state index is 0.0245. The average Bonchev–Trinajstić information content (AvgIpc) is 3.11. The summed E-state index contributed by atoms with van der Waals surface area (Å²) in [5.74, 6) is 2.12. The number of hydrogen-bond acceptors (Lipinski definition) is 7. The van der Waals surface area contributed by atoms with E-state index in [2.05, 4.69) is 42.6 Å². The first kappa shape index (κ1) is 40.7. The number of rotatable bonds is 14. The fourth-order valence-electron chi connectivity index (χ4n) is 5.00. The van der Waals surface area contributed by atoms with Crippen molar-refractivity contribution < 1.29 is 19.7 Å². The van der Waals surface area contributed by atoms with Crippen molar-refractivity contribution >= 4 is 5.97 Å². The van der Waals surface area contributed by atoms with Gasteiger partial charge in [-0.1, -0.05) is 116 Å². The van der Waals surface area contributed by atoms with E-state index >= 15 is 0 Å². The monoisotopic (exact) mass is 667 g/mol. The van der Waals surface area contributed by atoms with Crippen molar-refractivity contribution in [3.05, 3.63) is 90.5 Å². The first-order valence-corrected chi connectivity index (χ1v) is 17.8. The van der Waals surface area contributed by atoms with Crippen LogP contribution in [0.1, 0.15) is 104 Å². The first-order chi connectivity index (χ1) is 23.6. The summed E-state index contributed by atoms with van der Waals surface area (Å²) in [6.07, 6.45) is 10.8. The number of allylic oxidation sites excluding steroid dienone is 2. The molecule has 0 saturated carbocycles. The van der Waals surface area contributed by atoms with E-state index in [-0.39, 0.29) is 29.1 Å². The Balaban J connectivity index is 0.00000129. The van der Waals surface area contributed by atoms with Crippen molar-refractivity contribution in [3.8, 4) is 45.7 Å². The zero-order valence-electron chi connectivity index (χ0n) is 30.8. The summed E-state index contributed by atoms with van der Waals surface area (Å²) in [6, 6.07) is 20.6. The molecule has 4 rings (SSSR count). The molecule has 2 N–H and O–H groups in total. The number of phenolic OH excluding ortho intramolecular Hbond substituents is 2. The molecule has 1 heterocycles. The van der Waals surface area contributed by atoms with Gasteiger partial charge in [-0.3, -0.25) is 0 Å². The topological polar surface area (TPSA) is 105 Å². The van der Waals surface area contributed by atoms with Gasteiger partial charge in [-0.15, -0.1) is 0 Å². The number of nitrogens with zero attached hydrogens (tertiary/aromatic N) is 3. The predicted molar refractivity (Wildman–Crippen MR) is 202 cm³/mol. The zero-order chi connectivity index (χ0) is 36.2. The fourth-order valence-corrected chi connectivity index (χ4v) is 5.00. The lowest BCUT2D eigenvalue weighted by atomic mass is 9.93. The fraction of sp³-hybridized carbons (Fsp3) is 0.429. The van der Waals surface area contributed by atoms with Crippen LogP contribution >= 0.6 is 0 Å².